The first-order valence-corrected chi connectivity index (χ1v) is 7.75. The van der Waals surface area contributed by atoms with E-state index in [1.807, 2.05) is 0 Å². The lowest BCUT2D eigenvalue weighted by molar-refractivity contribution is -0.138. The summed E-state index contributed by atoms with van der Waals surface area (Å²) < 4.78 is 22.4. The second kappa shape index (κ2) is 5.20. The summed E-state index contributed by atoms with van der Waals surface area (Å²) in [5.74, 6) is -0.992. The van der Waals surface area contributed by atoms with Crippen LogP contribution in [0.2, 0.25) is 0 Å². The van der Waals surface area contributed by atoms with Crippen molar-refractivity contribution in [3.05, 3.63) is 11.5 Å². The second-order valence-electron chi connectivity index (χ2n) is 4.91. The third-order valence-corrected chi connectivity index (χ3v) is 4.67. The Labute approximate surface area is 111 Å². The molecule has 2 heterocycles. The predicted molar refractivity (Wildman–Crippen MR) is 67.2 cm³/mol. The maximum absolute atomic E-state index is 11.9. The molecule has 0 aliphatic carbocycles. The van der Waals surface area contributed by atoms with E-state index in [4.69, 9.17) is 5.11 Å². The molecule has 2 N–H and O–H groups in total. The van der Waals surface area contributed by atoms with E-state index in [-0.39, 0.29) is 24.1 Å². The number of sulfone groups is 1. The van der Waals surface area contributed by atoms with Crippen molar-refractivity contribution in [2.24, 2.45) is 5.92 Å². The topological polar surface area (TPSA) is 104 Å². The maximum Gasteiger partial charge on any atom is 0.317 e. The number of rotatable bonds is 3. The number of likely N-dealkylation sites (tertiary alicyclic amines) is 1. The van der Waals surface area contributed by atoms with Crippen LogP contribution in [-0.4, -0.2) is 55.3 Å². The molecule has 2 rings (SSSR count). The van der Waals surface area contributed by atoms with Gasteiger partial charge in [-0.3, -0.25) is 4.79 Å². The van der Waals surface area contributed by atoms with Crippen LogP contribution >= 0.6 is 0 Å². The molecular weight excluding hydrogens is 272 g/mol. The van der Waals surface area contributed by atoms with Gasteiger partial charge in [-0.2, -0.15) is 0 Å². The van der Waals surface area contributed by atoms with Crippen molar-refractivity contribution in [3.63, 3.8) is 0 Å². The van der Waals surface area contributed by atoms with Crippen LogP contribution in [0, 0.1) is 5.92 Å². The van der Waals surface area contributed by atoms with Crippen molar-refractivity contribution in [2.45, 2.75) is 18.9 Å². The van der Waals surface area contributed by atoms with Crippen LogP contribution in [0.25, 0.3) is 0 Å². The fourth-order valence-electron chi connectivity index (χ4n) is 2.35. The molecule has 1 saturated heterocycles. The molecule has 0 aromatic rings. The van der Waals surface area contributed by atoms with Crippen molar-refractivity contribution in [2.75, 3.05) is 18.8 Å². The number of amides is 2. The van der Waals surface area contributed by atoms with Crippen LogP contribution in [0.15, 0.2) is 11.5 Å². The Hall–Kier alpha value is -1.57. The number of urea groups is 1. The van der Waals surface area contributed by atoms with Gasteiger partial charge in [-0.1, -0.05) is 0 Å². The molecule has 2 atom stereocenters. The SMILES string of the molecule is O=C(O)CC1CCN(C(=O)NC2C=CS(=O)(=O)C2)C1. The van der Waals surface area contributed by atoms with E-state index >= 15 is 0 Å². The first kappa shape index (κ1) is 13.9. The quantitative estimate of drug-likeness (QED) is 0.748. The van der Waals surface area contributed by atoms with Gasteiger partial charge in [0.25, 0.3) is 0 Å². The van der Waals surface area contributed by atoms with Gasteiger partial charge in [0, 0.05) is 24.9 Å². The molecule has 0 saturated carbocycles. The van der Waals surface area contributed by atoms with E-state index in [2.05, 4.69) is 5.32 Å². The molecule has 2 unspecified atom stereocenters. The highest BCUT2D eigenvalue weighted by Crippen LogP contribution is 2.19. The Balaban J connectivity index is 1.82. The zero-order valence-corrected chi connectivity index (χ0v) is 11.1. The monoisotopic (exact) mass is 288 g/mol. The minimum Gasteiger partial charge on any atom is -0.481 e. The van der Waals surface area contributed by atoms with Gasteiger partial charge in [0.15, 0.2) is 9.84 Å². The molecule has 2 aliphatic heterocycles. The van der Waals surface area contributed by atoms with Gasteiger partial charge in [0.1, 0.15) is 0 Å². The number of carboxylic acid groups (broad SMARTS) is 1. The van der Waals surface area contributed by atoms with E-state index in [1.54, 1.807) is 0 Å². The molecule has 2 amide bonds. The molecule has 2 aliphatic rings. The van der Waals surface area contributed by atoms with Crippen LogP contribution in [0.1, 0.15) is 12.8 Å². The predicted octanol–water partition coefficient (Wildman–Crippen LogP) is -0.197. The number of nitrogens with one attached hydrogen (secondary N) is 1. The molecule has 19 heavy (non-hydrogen) atoms. The Bertz CT molecular complexity index is 513. The third-order valence-electron chi connectivity index (χ3n) is 3.28. The van der Waals surface area contributed by atoms with E-state index < -0.39 is 21.8 Å². The first-order valence-electron chi connectivity index (χ1n) is 6.04. The average Bonchev–Trinajstić information content (AvgIpc) is 2.85. The maximum atomic E-state index is 11.9. The van der Waals surface area contributed by atoms with E-state index in [0.29, 0.717) is 19.5 Å². The van der Waals surface area contributed by atoms with Crippen molar-refractivity contribution in [3.8, 4) is 0 Å². The Morgan fingerprint density at radius 1 is 1.42 bits per heavy atom. The number of carbonyl (C=O) groups excluding carboxylic acids is 1. The number of hydrogen-bond donors (Lipinski definition) is 2. The van der Waals surface area contributed by atoms with Gasteiger partial charge in [-0.15, -0.1) is 0 Å². The Morgan fingerprint density at radius 2 is 2.16 bits per heavy atom. The molecule has 1 fully saturated rings. The van der Waals surface area contributed by atoms with Crippen LogP contribution in [0.4, 0.5) is 4.79 Å². The third kappa shape index (κ3) is 3.69. The standard InChI is InChI=1S/C11H16N2O5S/c14-10(15)5-8-1-3-13(6-8)11(16)12-9-2-4-19(17,18)7-9/h2,4,8-9H,1,3,5-7H2,(H,12,16)(H,14,15). The van der Waals surface area contributed by atoms with Crippen LogP contribution in [0.5, 0.6) is 0 Å². The van der Waals surface area contributed by atoms with Crippen molar-refractivity contribution in [1.82, 2.24) is 10.2 Å². The van der Waals surface area contributed by atoms with Crippen LogP contribution < -0.4 is 5.32 Å². The number of carboxylic acids is 1. The molecule has 8 heteroatoms. The summed E-state index contributed by atoms with van der Waals surface area (Å²) in [7, 11) is -3.18. The molecular formula is C11H16N2O5S. The summed E-state index contributed by atoms with van der Waals surface area (Å²) >= 11 is 0. The highest BCUT2D eigenvalue weighted by Gasteiger charge is 2.30. The molecule has 106 valence electrons. The van der Waals surface area contributed by atoms with Gasteiger partial charge in [-0.25, -0.2) is 13.2 Å². The summed E-state index contributed by atoms with van der Waals surface area (Å²) in [6, 6.07) is -0.823. The smallest absolute Gasteiger partial charge is 0.317 e. The zero-order chi connectivity index (χ0) is 14.0. The highest BCUT2D eigenvalue weighted by atomic mass is 32.2. The minimum absolute atomic E-state index is 0.0221. The molecule has 7 nitrogen and oxygen atoms in total. The average molecular weight is 288 g/mol. The summed E-state index contributed by atoms with van der Waals surface area (Å²) in [6.45, 7) is 0.911. The van der Waals surface area contributed by atoms with Crippen molar-refractivity contribution < 1.29 is 23.1 Å². The van der Waals surface area contributed by atoms with Crippen molar-refractivity contribution in [1.29, 1.82) is 0 Å². The Kier molecular flexibility index (Phi) is 3.79. The van der Waals surface area contributed by atoms with Gasteiger partial charge in [0.05, 0.1) is 11.8 Å². The highest BCUT2D eigenvalue weighted by molar-refractivity contribution is 7.94. The number of nitrogens with zero attached hydrogens (tertiary/aromatic N) is 1. The van der Waals surface area contributed by atoms with Crippen molar-refractivity contribution >= 4 is 21.8 Å². The zero-order valence-electron chi connectivity index (χ0n) is 10.3. The lowest BCUT2D eigenvalue weighted by atomic mass is 10.1. The van der Waals surface area contributed by atoms with E-state index in [0.717, 1.165) is 5.41 Å². The van der Waals surface area contributed by atoms with E-state index in [1.165, 1.54) is 11.0 Å². The van der Waals surface area contributed by atoms with Gasteiger partial charge in [-0.05, 0) is 18.4 Å². The molecule has 0 radical (unpaired) electrons. The van der Waals surface area contributed by atoms with Crippen LogP contribution in [0.3, 0.4) is 0 Å². The van der Waals surface area contributed by atoms with E-state index in [9.17, 15) is 18.0 Å². The van der Waals surface area contributed by atoms with Crippen LogP contribution in [-0.2, 0) is 14.6 Å². The lowest BCUT2D eigenvalue weighted by Crippen LogP contribution is -2.44. The molecule has 0 aromatic heterocycles. The van der Waals surface area contributed by atoms with Gasteiger partial charge < -0.3 is 15.3 Å². The second-order valence-corrected chi connectivity index (χ2v) is 6.84. The lowest BCUT2D eigenvalue weighted by Gasteiger charge is -2.19. The van der Waals surface area contributed by atoms with Gasteiger partial charge >= 0.3 is 12.0 Å². The largest absolute Gasteiger partial charge is 0.481 e. The Morgan fingerprint density at radius 3 is 2.74 bits per heavy atom. The van der Waals surface area contributed by atoms with Gasteiger partial charge in [0.2, 0.25) is 0 Å². The fraction of sp³-hybridized carbons (Fsp3) is 0.636. The molecule has 0 bridgehead atoms. The number of carbonyl (C=O) groups is 2. The fourth-order valence-corrected chi connectivity index (χ4v) is 3.58. The summed E-state index contributed by atoms with van der Waals surface area (Å²) in [5, 5.41) is 12.4. The number of hydrogen-bond acceptors (Lipinski definition) is 4. The summed E-state index contributed by atoms with van der Waals surface area (Å²) in [4.78, 5) is 24.0. The first-order chi connectivity index (χ1) is 8.85. The summed E-state index contributed by atoms with van der Waals surface area (Å²) in [6.07, 6.45) is 2.18. The minimum atomic E-state index is -3.18. The normalized spacial score (nSPS) is 28.5. The molecule has 0 aromatic carbocycles. The molecule has 0 spiro atoms. The summed E-state index contributed by atoms with van der Waals surface area (Å²) in [5.41, 5.74) is 0. The number of aliphatic carboxylic acids is 1.